The second-order valence-corrected chi connectivity index (χ2v) is 8.65. The lowest BCUT2D eigenvalue weighted by molar-refractivity contribution is 0.150. The van der Waals surface area contributed by atoms with E-state index >= 15 is 0 Å². The van der Waals surface area contributed by atoms with Crippen LogP contribution in [-0.2, 0) is 17.7 Å². The van der Waals surface area contributed by atoms with Crippen LogP contribution >= 0.6 is 24.0 Å². The van der Waals surface area contributed by atoms with Crippen LogP contribution < -0.4 is 10.6 Å². The molecule has 10 heteroatoms. The molecule has 0 amide bonds. The third-order valence-corrected chi connectivity index (χ3v) is 6.36. The normalized spacial score (nSPS) is 20.4. The summed E-state index contributed by atoms with van der Waals surface area (Å²) in [7, 11) is 0. The molecule has 2 N–H and O–H groups in total. The van der Waals surface area contributed by atoms with Gasteiger partial charge in [0.15, 0.2) is 5.96 Å². The van der Waals surface area contributed by atoms with Crippen molar-refractivity contribution < 1.29 is 9.15 Å². The van der Waals surface area contributed by atoms with Crippen LogP contribution in [0.3, 0.4) is 0 Å². The fourth-order valence-corrected chi connectivity index (χ4v) is 4.47. The van der Waals surface area contributed by atoms with E-state index in [1.165, 1.54) is 19.3 Å². The molecule has 184 valence electrons. The van der Waals surface area contributed by atoms with E-state index < -0.39 is 0 Å². The Balaban J connectivity index is 0.00000306. The molecular weight excluding hydrogens is 533 g/mol. The molecule has 2 atom stereocenters. The van der Waals surface area contributed by atoms with Gasteiger partial charge in [-0.15, -0.1) is 34.2 Å². The van der Waals surface area contributed by atoms with E-state index in [-0.39, 0.29) is 30.0 Å². The highest BCUT2D eigenvalue weighted by Gasteiger charge is 2.24. The van der Waals surface area contributed by atoms with Crippen LogP contribution in [0.4, 0.5) is 0 Å². The summed E-state index contributed by atoms with van der Waals surface area (Å²) in [6, 6.07) is 4.21. The molecule has 2 saturated heterocycles. The van der Waals surface area contributed by atoms with Gasteiger partial charge in [-0.1, -0.05) is 13.3 Å². The minimum absolute atomic E-state index is 0. The van der Waals surface area contributed by atoms with Gasteiger partial charge in [0.2, 0.25) is 0 Å². The van der Waals surface area contributed by atoms with E-state index in [4.69, 9.17) is 14.1 Å². The predicted molar refractivity (Wildman–Crippen MR) is 139 cm³/mol. The highest BCUT2D eigenvalue weighted by atomic mass is 127. The molecule has 0 spiro atoms. The molecule has 2 unspecified atom stereocenters. The third-order valence-electron chi connectivity index (χ3n) is 6.36. The van der Waals surface area contributed by atoms with Gasteiger partial charge in [-0.2, -0.15) is 0 Å². The van der Waals surface area contributed by atoms with E-state index in [0.717, 1.165) is 76.3 Å². The average molecular weight is 572 g/mol. The van der Waals surface area contributed by atoms with Crippen LogP contribution in [-0.4, -0.2) is 71.6 Å². The summed E-state index contributed by atoms with van der Waals surface area (Å²) in [4.78, 5) is 7.50. The monoisotopic (exact) mass is 571 g/mol. The number of aliphatic imine (C=N–C) groups is 1. The summed E-state index contributed by atoms with van der Waals surface area (Å²) >= 11 is 0. The molecule has 0 saturated carbocycles. The Hall–Kier alpha value is -1.66. The van der Waals surface area contributed by atoms with E-state index in [2.05, 4.69) is 43.3 Å². The van der Waals surface area contributed by atoms with Crippen LogP contribution in [0.5, 0.6) is 0 Å². The van der Waals surface area contributed by atoms with Gasteiger partial charge in [0.1, 0.15) is 17.9 Å². The lowest BCUT2D eigenvalue weighted by atomic mass is 10.1. The van der Waals surface area contributed by atoms with Crippen molar-refractivity contribution in [3.05, 3.63) is 36.3 Å². The number of ether oxygens (including phenoxy) is 1. The van der Waals surface area contributed by atoms with Crippen LogP contribution in [0.2, 0.25) is 0 Å². The highest BCUT2D eigenvalue weighted by molar-refractivity contribution is 14.0. The summed E-state index contributed by atoms with van der Waals surface area (Å²) in [5, 5.41) is 15.3. The number of halogens is 1. The minimum Gasteiger partial charge on any atom is -0.468 e. The summed E-state index contributed by atoms with van der Waals surface area (Å²) < 4.78 is 13.4. The minimum atomic E-state index is 0. The van der Waals surface area contributed by atoms with Crippen LogP contribution in [0.15, 0.2) is 34.1 Å². The number of furan rings is 1. The van der Waals surface area contributed by atoms with Crippen LogP contribution in [0.1, 0.15) is 50.2 Å². The van der Waals surface area contributed by atoms with E-state index in [1.54, 1.807) is 12.6 Å². The fourth-order valence-electron chi connectivity index (χ4n) is 4.47. The largest absolute Gasteiger partial charge is 0.468 e. The zero-order valence-electron chi connectivity index (χ0n) is 19.6. The first kappa shape index (κ1) is 26.0. The molecule has 4 rings (SSSR count). The van der Waals surface area contributed by atoms with Crippen molar-refractivity contribution in [1.82, 2.24) is 30.3 Å². The van der Waals surface area contributed by atoms with Gasteiger partial charge < -0.3 is 24.4 Å². The molecular formula is C23H38IN7O2. The van der Waals surface area contributed by atoms with E-state index in [1.807, 2.05) is 6.07 Å². The number of likely N-dealkylation sites (tertiary alicyclic amines) is 1. The number of guanidine groups is 1. The van der Waals surface area contributed by atoms with Crippen molar-refractivity contribution in [2.45, 2.75) is 51.6 Å². The Bertz CT molecular complexity index is 815. The van der Waals surface area contributed by atoms with Crippen molar-refractivity contribution in [1.29, 1.82) is 0 Å². The summed E-state index contributed by atoms with van der Waals surface area (Å²) in [6.45, 7) is 9.07. The van der Waals surface area contributed by atoms with Gasteiger partial charge in [-0.3, -0.25) is 9.89 Å². The maximum Gasteiger partial charge on any atom is 0.191 e. The smallest absolute Gasteiger partial charge is 0.191 e. The standard InChI is InChI=1S/C23H37N7O2.HI/c1-2-22-28-27-18-30(22)12-9-24-23(25-15-19-8-14-31-17-19)26-16-20(21-7-6-13-32-21)29-10-4-3-5-11-29;/h6-7,13,18-20H,2-5,8-12,14-17H2,1H3,(H2,24,25,26);1H. The number of piperidine rings is 1. The lowest BCUT2D eigenvalue weighted by Crippen LogP contribution is -2.42. The van der Waals surface area contributed by atoms with Crippen LogP contribution in [0, 0.1) is 5.92 Å². The Kier molecular flexibility index (Phi) is 10.9. The Morgan fingerprint density at radius 3 is 2.88 bits per heavy atom. The molecule has 2 fully saturated rings. The summed E-state index contributed by atoms with van der Waals surface area (Å²) in [5.41, 5.74) is 0. The highest BCUT2D eigenvalue weighted by Crippen LogP contribution is 2.25. The van der Waals surface area contributed by atoms with Crippen molar-refractivity contribution in [2.24, 2.45) is 10.9 Å². The Labute approximate surface area is 213 Å². The number of aromatic nitrogens is 3. The van der Waals surface area contributed by atoms with Crippen molar-refractivity contribution >= 4 is 29.9 Å². The molecule has 2 aromatic rings. The zero-order chi connectivity index (χ0) is 22.0. The molecule has 0 radical (unpaired) electrons. The summed E-state index contributed by atoms with van der Waals surface area (Å²) in [5.74, 6) is 3.38. The average Bonchev–Trinajstić information content (AvgIpc) is 3.61. The number of nitrogens with one attached hydrogen (secondary N) is 2. The molecule has 0 aromatic carbocycles. The molecule has 0 bridgehead atoms. The molecule has 33 heavy (non-hydrogen) atoms. The first-order valence-corrected chi connectivity index (χ1v) is 12.1. The number of hydrogen-bond acceptors (Lipinski definition) is 6. The SMILES string of the molecule is CCc1nncn1CCNC(=NCC(c1ccco1)N1CCCCC1)NCC1CCOC1.I. The quantitative estimate of drug-likeness (QED) is 0.258. The predicted octanol–water partition coefficient (Wildman–Crippen LogP) is 2.85. The van der Waals surface area contributed by atoms with E-state index in [0.29, 0.717) is 12.5 Å². The Morgan fingerprint density at radius 1 is 1.27 bits per heavy atom. The number of hydrogen-bond donors (Lipinski definition) is 2. The second-order valence-electron chi connectivity index (χ2n) is 8.65. The maximum atomic E-state index is 5.79. The molecule has 2 aliphatic rings. The Morgan fingerprint density at radius 2 is 2.15 bits per heavy atom. The maximum absolute atomic E-state index is 5.79. The van der Waals surface area contributed by atoms with Crippen LogP contribution in [0.25, 0.3) is 0 Å². The fraction of sp³-hybridized carbons (Fsp3) is 0.696. The van der Waals surface area contributed by atoms with E-state index in [9.17, 15) is 0 Å². The van der Waals surface area contributed by atoms with Crippen molar-refractivity contribution in [3.63, 3.8) is 0 Å². The lowest BCUT2D eigenvalue weighted by Gasteiger charge is -2.32. The molecule has 2 aromatic heterocycles. The molecule has 4 heterocycles. The van der Waals surface area contributed by atoms with Gasteiger partial charge in [0.05, 0.1) is 25.5 Å². The number of aryl methyl sites for hydroxylation is 1. The van der Waals surface area contributed by atoms with Gasteiger partial charge in [-0.05, 0) is 44.5 Å². The molecule has 9 nitrogen and oxygen atoms in total. The first-order valence-electron chi connectivity index (χ1n) is 12.1. The van der Waals surface area contributed by atoms with Gasteiger partial charge in [0.25, 0.3) is 0 Å². The third kappa shape index (κ3) is 7.68. The zero-order valence-corrected chi connectivity index (χ0v) is 21.9. The van der Waals surface area contributed by atoms with Crippen molar-refractivity contribution in [2.75, 3.05) is 45.9 Å². The van der Waals surface area contributed by atoms with Gasteiger partial charge in [-0.25, -0.2) is 0 Å². The topological polar surface area (TPSA) is 92.7 Å². The van der Waals surface area contributed by atoms with Crippen molar-refractivity contribution in [3.8, 4) is 0 Å². The van der Waals surface area contributed by atoms with Gasteiger partial charge in [0, 0.05) is 38.6 Å². The van der Waals surface area contributed by atoms with Gasteiger partial charge >= 0.3 is 0 Å². The first-order chi connectivity index (χ1) is 15.8. The molecule has 2 aliphatic heterocycles. The summed E-state index contributed by atoms with van der Waals surface area (Å²) in [6.07, 6.45) is 9.33. The number of nitrogens with zero attached hydrogens (tertiary/aromatic N) is 5. The molecule has 0 aliphatic carbocycles. The second kappa shape index (κ2) is 13.9. The number of rotatable bonds is 10.